The van der Waals surface area contributed by atoms with Crippen molar-refractivity contribution >= 4 is 11.6 Å². The van der Waals surface area contributed by atoms with Crippen LogP contribution < -0.4 is 5.32 Å². The van der Waals surface area contributed by atoms with Crippen LogP contribution in [0.3, 0.4) is 0 Å². The summed E-state index contributed by atoms with van der Waals surface area (Å²) in [5.74, 6) is 0. The predicted octanol–water partition coefficient (Wildman–Crippen LogP) is 4.65. The van der Waals surface area contributed by atoms with Crippen molar-refractivity contribution in [1.82, 2.24) is 5.32 Å². The number of benzene rings is 1. The Morgan fingerprint density at radius 3 is 2.24 bits per heavy atom. The highest BCUT2D eigenvalue weighted by molar-refractivity contribution is 6.31. The van der Waals surface area contributed by atoms with Crippen LogP contribution in [0.15, 0.2) is 12.1 Å². The van der Waals surface area contributed by atoms with Gasteiger partial charge in [0, 0.05) is 11.1 Å². The fourth-order valence-corrected chi connectivity index (χ4v) is 2.52. The molecule has 0 aliphatic carbocycles. The van der Waals surface area contributed by atoms with Gasteiger partial charge in [0.05, 0.1) is 0 Å². The maximum Gasteiger partial charge on any atom is 0.0456 e. The molecule has 1 aromatic rings. The molecule has 17 heavy (non-hydrogen) atoms. The molecule has 0 aliphatic heterocycles. The van der Waals surface area contributed by atoms with Crippen LogP contribution in [0.5, 0.6) is 0 Å². The second-order valence-corrected chi connectivity index (χ2v) is 5.93. The van der Waals surface area contributed by atoms with Gasteiger partial charge < -0.3 is 5.32 Å². The molecule has 0 saturated heterocycles. The molecule has 0 heterocycles. The Kier molecular flexibility index (Phi) is 4.62. The molecule has 0 amide bonds. The summed E-state index contributed by atoms with van der Waals surface area (Å²) < 4.78 is 0. The zero-order valence-electron chi connectivity index (χ0n) is 11.8. The van der Waals surface area contributed by atoms with Gasteiger partial charge >= 0.3 is 0 Å². The second kappa shape index (κ2) is 5.41. The van der Waals surface area contributed by atoms with E-state index in [-0.39, 0.29) is 5.41 Å². The van der Waals surface area contributed by atoms with Gasteiger partial charge in [0.2, 0.25) is 0 Å². The summed E-state index contributed by atoms with van der Waals surface area (Å²) in [6.07, 6.45) is 1.11. The summed E-state index contributed by atoms with van der Waals surface area (Å²) >= 11 is 6.40. The van der Waals surface area contributed by atoms with Crippen molar-refractivity contribution in [2.24, 2.45) is 5.41 Å². The average Bonchev–Trinajstić information content (AvgIpc) is 2.26. The number of nitrogens with one attached hydrogen (secondary N) is 1. The minimum absolute atomic E-state index is 0.195. The second-order valence-electron chi connectivity index (χ2n) is 5.52. The number of hydrogen-bond acceptors (Lipinski definition) is 1. The maximum atomic E-state index is 6.40. The van der Waals surface area contributed by atoms with Crippen molar-refractivity contribution in [3.05, 3.63) is 33.8 Å². The first-order chi connectivity index (χ1) is 7.83. The van der Waals surface area contributed by atoms with Crippen LogP contribution in [0.4, 0.5) is 0 Å². The van der Waals surface area contributed by atoms with Gasteiger partial charge in [-0.25, -0.2) is 0 Å². The third-order valence-electron chi connectivity index (χ3n) is 3.91. The van der Waals surface area contributed by atoms with Crippen LogP contribution >= 0.6 is 11.6 Å². The number of halogens is 1. The van der Waals surface area contributed by atoms with Crippen LogP contribution in [-0.4, -0.2) is 7.05 Å². The molecule has 0 fully saturated rings. The van der Waals surface area contributed by atoms with Gasteiger partial charge in [0.1, 0.15) is 0 Å². The van der Waals surface area contributed by atoms with E-state index < -0.39 is 0 Å². The smallest absolute Gasteiger partial charge is 0.0456 e. The minimum atomic E-state index is 0.195. The Hall–Kier alpha value is -0.530. The summed E-state index contributed by atoms with van der Waals surface area (Å²) in [6.45, 7) is 11.0. The molecule has 1 unspecified atom stereocenters. The largest absolute Gasteiger partial charge is 0.313 e. The van der Waals surface area contributed by atoms with Gasteiger partial charge in [0.25, 0.3) is 0 Å². The fourth-order valence-electron chi connectivity index (χ4n) is 2.20. The Bertz CT molecular complexity index is 396. The lowest BCUT2D eigenvalue weighted by Crippen LogP contribution is -2.31. The van der Waals surface area contributed by atoms with Crippen molar-refractivity contribution < 1.29 is 0 Å². The maximum absolute atomic E-state index is 6.40. The van der Waals surface area contributed by atoms with E-state index in [0.29, 0.717) is 6.04 Å². The highest BCUT2D eigenvalue weighted by Crippen LogP contribution is 2.39. The Morgan fingerprint density at radius 1 is 1.24 bits per heavy atom. The molecule has 0 radical (unpaired) electrons. The van der Waals surface area contributed by atoms with Crippen LogP contribution in [-0.2, 0) is 0 Å². The molecule has 0 bridgehead atoms. The molecule has 1 nitrogen and oxygen atoms in total. The summed E-state index contributed by atoms with van der Waals surface area (Å²) in [5, 5.41) is 4.28. The molecule has 1 atom stereocenters. The zero-order valence-corrected chi connectivity index (χ0v) is 12.6. The quantitative estimate of drug-likeness (QED) is 0.823. The van der Waals surface area contributed by atoms with Gasteiger partial charge in [0.15, 0.2) is 0 Å². The summed E-state index contributed by atoms with van der Waals surface area (Å²) in [7, 11) is 2.01. The molecule has 2 heteroatoms. The molecular formula is C15H24ClN. The number of rotatable bonds is 4. The summed E-state index contributed by atoms with van der Waals surface area (Å²) in [4.78, 5) is 0. The molecular weight excluding hydrogens is 230 g/mol. The van der Waals surface area contributed by atoms with Crippen molar-refractivity contribution in [3.63, 3.8) is 0 Å². The Balaban J connectivity index is 3.26. The van der Waals surface area contributed by atoms with E-state index >= 15 is 0 Å². The summed E-state index contributed by atoms with van der Waals surface area (Å²) in [6, 6.07) is 4.58. The lowest BCUT2D eigenvalue weighted by atomic mass is 9.78. The van der Waals surface area contributed by atoms with Gasteiger partial charge in [-0.3, -0.25) is 0 Å². The molecule has 0 aliphatic rings. The molecule has 1 rings (SSSR count). The highest BCUT2D eigenvalue weighted by atomic mass is 35.5. The highest BCUT2D eigenvalue weighted by Gasteiger charge is 2.29. The lowest BCUT2D eigenvalue weighted by Gasteiger charge is -2.34. The van der Waals surface area contributed by atoms with Gasteiger partial charge in [-0.05, 0) is 55.5 Å². The van der Waals surface area contributed by atoms with Crippen molar-refractivity contribution in [2.45, 2.75) is 47.1 Å². The zero-order chi connectivity index (χ0) is 13.2. The van der Waals surface area contributed by atoms with E-state index in [4.69, 9.17) is 11.6 Å². The monoisotopic (exact) mass is 253 g/mol. The molecule has 96 valence electrons. The molecule has 1 N–H and O–H groups in total. The number of hydrogen-bond donors (Lipinski definition) is 1. The van der Waals surface area contributed by atoms with E-state index in [1.807, 2.05) is 7.05 Å². The van der Waals surface area contributed by atoms with Crippen LogP contribution in [0, 0.1) is 19.3 Å². The predicted molar refractivity (Wildman–Crippen MR) is 76.8 cm³/mol. The third kappa shape index (κ3) is 3.02. The van der Waals surface area contributed by atoms with E-state index in [1.54, 1.807) is 0 Å². The minimum Gasteiger partial charge on any atom is -0.313 e. The molecule has 0 saturated carbocycles. The van der Waals surface area contributed by atoms with E-state index in [1.165, 1.54) is 16.7 Å². The first-order valence-corrected chi connectivity index (χ1v) is 6.65. The lowest BCUT2D eigenvalue weighted by molar-refractivity contribution is 0.245. The first kappa shape index (κ1) is 14.5. The molecule has 0 aromatic heterocycles. The first-order valence-electron chi connectivity index (χ1n) is 6.27. The normalized spacial score (nSPS) is 13.8. The fraction of sp³-hybridized carbons (Fsp3) is 0.600. The Morgan fingerprint density at radius 2 is 1.76 bits per heavy atom. The van der Waals surface area contributed by atoms with Crippen molar-refractivity contribution in [1.29, 1.82) is 0 Å². The van der Waals surface area contributed by atoms with Crippen molar-refractivity contribution in [3.8, 4) is 0 Å². The van der Waals surface area contributed by atoms with Gasteiger partial charge in [-0.2, -0.15) is 0 Å². The standard InChI is InChI=1S/C15H24ClN/c1-7-15(4,5)14(17-6)12-8-10(2)11(3)9-13(12)16/h8-9,14,17H,7H2,1-6H3. The Labute approximate surface area is 111 Å². The average molecular weight is 254 g/mol. The van der Waals surface area contributed by atoms with E-state index in [0.717, 1.165) is 11.4 Å². The molecule has 0 spiro atoms. The summed E-state index contributed by atoms with van der Waals surface area (Å²) in [5.41, 5.74) is 3.96. The van der Waals surface area contributed by atoms with Crippen LogP contribution in [0.2, 0.25) is 5.02 Å². The SMILES string of the molecule is CCC(C)(C)C(NC)c1cc(C)c(C)cc1Cl. The molecule has 1 aromatic carbocycles. The van der Waals surface area contributed by atoms with E-state index in [9.17, 15) is 0 Å². The van der Waals surface area contributed by atoms with Crippen LogP contribution in [0.25, 0.3) is 0 Å². The number of aryl methyl sites for hydroxylation is 2. The van der Waals surface area contributed by atoms with Gasteiger partial charge in [-0.15, -0.1) is 0 Å². The van der Waals surface area contributed by atoms with Crippen LogP contribution in [0.1, 0.15) is 49.9 Å². The van der Waals surface area contributed by atoms with Crippen molar-refractivity contribution in [2.75, 3.05) is 7.05 Å². The van der Waals surface area contributed by atoms with Gasteiger partial charge in [-0.1, -0.05) is 38.4 Å². The topological polar surface area (TPSA) is 12.0 Å². The third-order valence-corrected chi connectivity index (χ3v) is 4.23. The van der Waals surface area contributed by atoms with E-state index in [2.05, 4.69) is 52.1 Å².